The van der Waals surface area contributed by atoms with Crippen molar-refractivity contribution < 1.29 is 13.6 Å². The maximum Gasteiger partial charge on any atom is 0.336 e. The minimum Gasteiger partial charge on any atom is -0.459 e. The molecule has 0 radical (unpaired) electrons. The number of carbonyl (C=O) groups is 1. The molecular formula is C19H14N2O4S. The molecule has 0 unspecified atom stereocenters. The van der Waals surface area contributed by atoms with Crippen LogP contribution in [0.5, 0.6) is 0 Å². The van der Waals surface area contributed by atoms with E-state index in [-0.39, 0.29) is 5.91 Å². The van der Waals surface area contributed by atoms with Crippen LogP contribution in [0.4, 0.5) is 5.69 Å². The number of aryl methyl sites for hydroxylation is 2. The van der Waals surface area contributed by atoms with E-state index >= 15 is 0 Å². The summed E-state index contributed by atoms with van der Waals surface area (Å²) < 4.78 is 10.7. The average molecular weight is 366 g/mol. The molecule has 4 rings (SSSR count). The zero-order chi connectivity index (χ0) is 18.3. The third-order valence-corrected chi connectivity index (χ3v) is 4.75. The number of nitrogens with one attached hydrogen (secondary N) is 1. The molecule has 0 bridgehead atoms. The van der Waals surface area contributed by atoms with E-state index in [4.69, 9.17) is 8.83 Å². The van der Waals surface area contributed by atoms with Gasteiger partial charge < -0.3 is 14.2 Å². The number of benzene rings is 1. The van der Waals surface area contributed by atoms with E-state index in [0.29, 0.717) is 27.7 Å². The number of nitrogens with zero attached hydrogens (tertiary/aromatic N) is 1. The molecule has 0 saturated heterocycles. The van der Waals surface area contributed by atoms with Crippen molar-refractivity contribution in [1.29, 1.82) is 0 Å². The predicted molar refractivity (Wildman–Crippen MR) is 99.7 cm³/mol. The third kappa shape index (κ3) is 3.04. The Morgan fingerprint density at radius 3 is 2.73 bits per heavy atom. The van der Waals surface area contributed by atoms with Gasteiger partial charge in [-0.2, -0.15) is 0 Å². The molecule has 3 aromatic heterocycles. The van der Waals surface area contributed by atoms with Crippen molar-refractivity contribution in [3.05, 3.63) is 69.2 Å². The summed E-state index contributed by atoms with van der Waals surface area (Å²) in [5.41, 5.74) is 1.66. The minimum atomic E-state index is -0.420. The number of furan rings is 1. The summed E-state index contributed by atoms with van der Waals surface area (Å²) >= 11 is 1.34. The van der Waals surface area contributed by atoms with Gasteiger partial charge in [0.05, 0.1) is 0 Å². The summed E-state index contributed by atoms with van der Waals surface area (Å²) in [5, 5.41) is 5.91. The van der Waals surface area contributed by atoms with Gasteiger partial charge >= 0.3 is 5.63 Å². The first-order chi connectivity index (χ1) is 12.5. The van der Waals surface area contributed by atoms with Crippen LogP contribution in [0.2, 0.25) is 0 Å². The lowest BCUT2D eigenvalue weighted by Gasteiger charge is -2.05. The van der Waals surface area contributed by atoms with Crippen LogP contribution in [-0.4, -0.2) is 10.9 Å². The Kier molecular flexibility index (Phi) is 3.93. The lowest BCUT2D eigenvalue weighted by atomic mass is 10.1. The van der Waals surface area contributed by atoms with Crippen molar-refractivity contribution in [3.63, 3.8) is 0 Å². The highest BCUT2D eigenvalue weighted by Crippen LogP contribution is 2.26. The van der Waals surface area contributed by atoms with E-state index in [1.54, 1.807) is 23.6 Å². The number of rotatable bonds is 3. The van der Waals surface area contributed by atoms with E-state index in [2.05, 4.69) is 10.3 Å². The number of amides is 1. The van der Waals surface area contributed by atoms with E-state index in [0.717, 1.165) is 16.7 Å². The standard InChI is InChI=1S/C19H14N2O4S/c1-10-7-17(22)25-16-8-12(4-5-13(10)16)20-18(23)14-9-26-19(21-14)15-6-3-11(2)24-15/h3-9H,1-2H3,(H,20,23). The molecule has 26 heavy (non-hydrogen) atoms. The Morgan fingerprint density at radius 1 is 1.12 bits per heavy atom. The zero-order valence-corrected chi connectivity index (χ0v) is 14.8. The van der Waals surface area contributed by atoms with E-state index in [9.17, 15) is 9.59 Å². The van der Waals surface area contributed by atoms with Crippen molar-refractivity contribution in [2.24, 2.45) is 0 Å². The van der Waals surface area contributed by atoms with Gasteiger partial charge in [-0.25, -0.2) is 9.78 Å². The van der Waals surface area contributed by atoms with Gasteiger partial charge in [0.15, 0.2) is 10.8 Å². The molecule has 0 spiro atoms. The van der Waals surface area contributed by atoms with Gasteiger partial charge in [-0.05, 0) is 43.7 Å². The van der Waals surface area contributed by atoms with Crippen LogP contribution in [0.1, 0.15) is 21.8 Å². The molecule has 4 aromatic rings. The normalized spacial score (nSPS) is 11.0. The van der Waals surface area contributed by atoms with Gasteiger partial charge in [-0.1, -0.05) is 0 Å². The monoisotopic (exact) mass is 366 g/mol. The van der Waals surface area contributed by atoms with Gasteiger partial charge in [0.25, 0.3) is 5.91 Å². The minimum absolute atomic E-state index is 0.296. The maximum atomic E-state index is 12.4. The van der Waals surface area contributed by atoms with Crippen molar-refractivity contribution >= 4 is 33.9 Å². The molecule has 7 heteroatoms. The second kappa shape index (κ2) is 6.27. The number of anilines is 1. The van der Waals surface area contributed by atoms with Gasteiger partial charge in [-0.3, -0.25) is 4.79 Å². The average Bonchev–Trinajstić information content (AvgIpc) is 3.23. The van der Waals surface area contributed by atoms with Crippen LogP contribution >= 0.6 is 11.3 Å². The Bertz CT molecular complexity index is 1190. The number of aromatic nitrogens is 1. The Morgan fingerprint density at radius 2 is 1.96 bits per heavy atom. The first-order valence-corrected chi connectivity index (χ1v) is 8.76. The van der Waals surface area contributed by atoms with E-state index in [1.165, 1.54) is 17.4 Å². The molecule has 3 heterocycles. The Balaban J connectivity index is 1.59. The lowest BCUT2D eigenvalue weighted by molar-refractivity contribution is 0.102. The molecule has 1 amide bonds. The largest absolute Gasteiger partial charge is 0.459 e. The SMILES string of the molecule is Cc1ccc(-c2nc(C(=O)Nc3ccc4c(C)cc(=O)oc4c3)cs2)o1. The van der Waals surface area contributed by atoms with Crippen LogP contribution in [0, 0.1) is 13.8 Å². The summed E-state index contributed by atoms with van der Waals surface area (Å²) in [6.07, 6.45) is 0. The number of thiazole rings is 1. The second-order valence-electron chi connectivity index (χ2n) is 5.86. The van der Waals surface area contributed by atoms with Crippen molar-refractivity contribution in [2.75, 3.05) is 5.32 Å². The summed E-state index contributed by atoms with van der Waals surface area (Å²) in [6.45, 7) is 3.69. The quantitative estimate of drug-likeness (QED) is 0.544. The van der Waals surface area contributed by atoms with Gasteiger partial charge in [-0.15, -0.1) is 11.3 Å². The molecule has 0 aliphatic carbocycles. The van der Waals surface area contributed by atoms with Crippen LogP contribution < -0.4 is 10.9 Å². The van der Waals surface area contributed by atoms with Crippen LogP contribution in [0.25, 0.3) is 21.7 Å². The molecule has 6 nitrogen and oxygen atoms in total. The molecule has 1 aromatic carbocycles. The highest BCUT2D eigenvalue weighted by Gasteiger charge is 2.14. The van der Waals surface area contributed by atoms with Gasteiger partial charge in [0.2, 0.25) is 0 Å². The Labute approximate surface area is 152 Å². The van der Waals surface area contributed by atoms with Crippen molar-refractivity contribution in [1.82, 2.24) is 4.98 Å². The van der Waals surface area contributed by atoms with Crippen molar-refractivity contribution in [2.45, 2.75) is 13.8 Å². The number of carbonyl (C=O) groups excluding carboxylic acids is 1. The fourth-order valence-corrected chi connectivity index (χ4v) is 3.40. The lowest BCUT2D eigenvalue weighted by Crippen LogP contribution is -2.12. The van der Waals surface area contributed by atoms with Crippen LogP contribution in [0.3, 0.4) is 0 Å². The molecule has 1 N–H and O–H groups in total. The highest BCUT2D eigenvalue weighted by atomic mass is 32.1. The summed E-state index contributed by atoms with van der Waals surface area (Å²) in [5.74, 6) is 1.08. The Hall–Kier alpha value is -3.19. The molecule has 0 aliphatic rings. The second-order valence-corrected chi connectivity index (χ2v) is 6.72. The smallest absolute Gasteiger partial charge is 0.336 e. The molecular weight excluding hydrogens is 352 g/mol. The van der Waals surface area contributed by atoms with Crippen LogP contribution in [0.15, 0.2) is 55.4 Å². The molecule has 0 aliphatic heterocycles. The zero-order valence-electron chi connectivity index (χ0n) is 14.0. The number of hydrogen-bond donors (Lipinski definition) is 1. The summed E-state index contributed by atoms with van der Waals surface area (Å²) in [4.78, 5) is 28.3. The molecule has 0 atom stereocenters. The molecule has 0 fully saturated rings. The van der Waals surface area contributed by atoms with Crippen LogP contribution in [-0.2, 0) is 0 Å². The first kappa shape index (κ1) is 16.3. The number of fused-ring (bicyclic) bond motifs is 1. The fraction of sp³-hybridized carbons (Fsp3) is 0.105. The van der Waals surface area contributed by atoms with Gasteiger partial charge in [0, 0.05) is 28.6 Å². The molecule has 0 saturated carbocycles. The van der Waals surface area contributed by atoms with Gasteiger partial charge in [0.1, 0.15) is 17.0 Å². The van der Waals surface area contributed by atoms with E-state index in [1.807, 2.05) is 26.0 Å². The van der Waals surface area contributed by atoms with Crippen molar-refractivity contribution in [3.8, 4) is 10.8 Å². The summed E-state index contributed by atoms with van der Waals surface area (Å²) in [7, 11) is 0. The maximum absolute atomic E-state index is 12.4. The first-order valence-electron chi connectivity index (χ1n) is 7.88. The number of hydrogen-bond acceptors (Lipinski definition) is 6. The predicted octanol–water partition coefficient (Wildman–Crippen LogP) is 4.38. The third-order valence-electron chi connectivity index (χ3n) is 3.90. The van der Waals surface area contributed by atoms with E-state index < -0.39 is 5.63 Å². The highest BCUT2D eigenvalue weighted by molar-refractivity contribution is 7.13. The fourth-order valence-electron chi connectivity index (χ4n) is 2.64. The summed E-state index contributed by atoms with van der Waals surface area (Å²) in [6, 6.07) is 10.3. The topological polar surface area (TPSA) is 85.3 Å². The molecule has 130 valence electrons.